The Morgan fingerprint density at radius 3 is 2.44 bits per heavy atom. The highest BCUT2D eigenvalue weighted by molar-refractivity contribution is 5.21. The normalized spacial score (nSPS) is 23.5. The highest BCUT2D eigenvalue weighted by Gasteiger charge is 2.23. The first-order valence-electron chi connectivity index (χ1n) is 10.2. The Bertz CT molecular complexity index is 570. The molecular formula is C23H34N2. The van der Waals surface area contributed by atoms with Gasteiger partial charge < -0.3 is 10.6 Å². The van der Waals surface area contributed by atoms with Gasteiger partial charge in [0.1, 0.15) is 0 Å². The summed E-state index contributed by atoms with van der Waals surface area (Å²) in [5.41, 5.74) is 4.36. The van der Waals surface area contributed by atoms with Gasteiger partial charge in [0.2, 0.25) is 0 Å². The number of rotatable bonds is 8. The lowest BCUT2D eigenvalue weighted by Crippen LogP contribution is -2.49. The number of benzene rings is 1. The lowest BCUT2D eigenvalue weighted by molar-refractivity contribution is 0.282. The van der Waals surface area contributed by atoms with Crippen molar-refractivity contribution in [2.45, 2.75) is 76.9 Å². The number of aryl methyl sites for hydroxylation is 1. The molecule has 25 heavy (non-hydrogen) atoms. The largest absolute Gasteiger partial charge is 0.312 e. The molecule has 2 aliphatic rings. The van der Waals surface area contributed by atoms with E-state index in [1.165, 1.54) is 56.1 Å². The first-order chi connectivity index (χ1) is 12.3. The molecule has 0 spiro atoms. The molecule has 1 fully saturated rings. The number of allylic oxidation sites excluding steroid dienone is 4. The van der Waals surface area contributed by atoms with Gasteiger partial charge in [0.05, 0.1) is 0 Å². The molecule has 2 heteroatoms. The van der Waals surface area contributed by atoms with Crippen LogP contribution >= 0.6 is 0 Å². The summed E-state index contributed by atoms with van der Waals surface area (Å²) >= 11 is 0. The Kier molecular flexibility index (Phi) is 7.32. The van der Waals surface area contributed by atoms with Crippen molar-refractivity contribution in [2.75, 3.05) is 6.54 Å². The molecule has 1 saturated carbocycles. The van der Waals surface area contributed by atoms with Crippen molar-refractivity contribution >= 4 is 0 Å². The fourth-order valence-corrected chi connectivity index (χ4v) is 4.03. The zero-order valence-electron chi connectivity index (χ0n) is 15.8. The lowest BCUT2D eigenvalue weighted by atomic mass is 9.90. The molecule has 1 aromatic carbocycles. The van der Waals surface area contributed by atoms with E-state index in [0.717, 1.165) is 19.5 Å². The van der Waals surface area contributed by atoms with E-state index >= 15 is 0 Å². The van der Waals surface area contributed by atoms with Crippen LogP contribution in [0.3, 0.4) is 0 Å². The van der Waals surface area contributed by atoms with Crippen LogP contribution in [0.4, 0.5) is 0 Å². The van der Waals surface area contributed by atoms with E-state index in [1.54, 1.807) is 5.57 Å². The van der Waals surface area contributed by atoms with E-state index in [4.69, 9.17) is 0 Å². The molecule has 0 amide bonds. The lowest BCUT2D eigenvalue weighted by Gasteiger charge is -2.33. The fraction of sp³-hybridized carbons (Fsp3) is 0.565. The molecule has 0 radical (unpaired) electrons. The summed E-state index contributed by atoms with van der Waals surface area (Å²) in [6.45, 7) is 4.29. The summed E-state index contributed by atoms with van der Waals surface area (Å²) in [6, 6.07) is 10.2. The quantitative estimate of drug-likeness (QED) is 0.512. The van der Waals surface area contributed by atoms with Gasteiger partial charge in [-0.25, -0.2) is 0 Å². The van der Waals surface area contributed by atoms with Crippen molar-refractivity contribution in [3.05, 3.63) is 59.2 Å². The summed E-state index contributed by atoms with van der Waals surface area (Å²) in [5, 5.41) is 7.66. The van der Waals surface area contributed by atoms with Crippen molar-refractivity contribution in [1.82, 2.24) is 10.6 Å². The Labute approximate surface area is 153 Å². The summed E-state index contributed by atoms with van der Waals surface area (Å²) < 4.78 is 0. The van der Waals surface area contributed by atoms with Crippen LogP contribution in [0.2, 0.25) is 0 Å². The summed E-state index contributed by atoms with van der Waals surface area (Å²) in [6.07, 6.45) is 17.2. The van der Waals surface area contributed by atoms with Crippen molar-refractivity contribution in [3.8, 4) is 0 Å². The minimum absolute atomic E-state index is 0.617. The predicted octanol–water partition coefficient (Wildman–Crippen LogP) is 5.04. The molecule has 2 N–H and O–H groups in total. The van der Waals surface area contributed by atoms with Gasteiger partial charge >= 0.3 is 0 Å². The highest BCUT2D eigenvalue weighted by atomic mass is 15.0. The molecule has 2 unspecified atom stereocenters. The molecule has 0 aromatic heterocycles. The maximum Gasteiger partial charge on any atom is 0.0224 e. The molecule has 2 aliphatic carbocycles. The Morgan fingerprint density at radius 1 is 0.960 bits per heavy atom. The van der Waals surface area contributed by atoms with Gasteiger partial charge in [0.25, 0.3) is 0 Å². The zero-order valence-corrected chi connectivity index (χ0v) is 15.8. The molecule has 3 rings (SSSR count). The first-order valence-corrected chi connectivity index (χ1v) is 10.2. The molecule has 0 bridgehead atoms. The number of hydrogen-bond acceptors (Lipinski definition) is 2. The maximum absolute atomic E-state index is 3.85. The van der Waals surface area contributed by atoms with Crippen molar-refractivity contribution in [2.24, 2.45) is 0 Å². The molecule has 0 aliphatic heterocycles. The van der Waals surface area contributed by atoms with Gasteiger partial charge in [-0.3, -0.25) is 0 Å². The standard InChI is InChI=1S/C23H34N2/c1-19-13-15-21(16-14-19)18-25-23-12-6-5-11-22(23)24-17-7-10-20-8-3-2-4-9-20/h2-3,9,13-16,22-25H,4-8,10-12,17-18H2,1H3. The average Bonchev–Trinajstić information content (AvgIpc) is 2.66. The van der Waals surface area contributed by atoms with E-state index in [0.29, 0.717) is 12.1 Å². The minimum atomic E-state index is 0.617. The first kappa shape index (κ1) is 18.4. The second-order valence-corrected chi connectivity index (χ2v) is 7.70. The molecule has 1 aromatic rings. The van der Waals surface area contributed by atoms with Crippen LogP contribution < -0.4 is 10.6 Å². The smallest absolute Gasteiger partial charge is 0.0224 e. The van der Waals surface area contributed by atoms with Crippen LogP contribution in [0.15, 0.2) is 48.1 Å². The van der Waals surface area contributed by atoms with E-state index < -0.39 is 0 Å². The van der Waals surface area contributed by atoms with E-state index in [9.17, 15) is 0 Å². The number of nitrogens with one attached hydrogen (secondary N) is 2. The predicted molar refractivity (Wildman–Crippen MR) is 108 cm³/mol. The third-order valence-electron chi connectivity index (χ3n) is 5.63. The average molecular weight is 339 g/mol. The Morgan fingerprint density at radius 2 is 1.72 bits per heavy atom. The molecule has 136 valence electrons. The van der Waals surface area contributed by atoms with Gasteiger partial charge in [0.15, 0.2) is 0 Å². The summed E-state index contributed by atoms with van der Waals surface area (Å²) in [4.78, 5) is 0. The Balaban J connectivity index is 1.39. The third kappa shape index (κ3) is 6.13. The van der Waals surface area contributed by atoms with Crippen molar-refractivity contribution in [3.63, 3.8) is 0 Å². The van der Waals surface area contributed by atoms with Crippen molar-refractivity contribution in [1.29, 1.82) is 0 Å². The molecule has 0 heterocycles. The third-order valence-corrected chi connectivity index (χ3v) is 5.63. The zero-order chi connectivity index (χ0) is 17.3. The SMILES string of the molecule is Cc1ccc(CNC2CCCCC2NCCCC2=CCC=CC2)cc1. The minimum Gasteiger partial charge on any atom is -0.312 e. The van der Waals surface area contributed by atoms with E-state index in [1.807, 2.05) is 0 Å². The van der Waals surface area contributed by atoms with Gasteiger partial charge in [-0.05, 0) is 57.6 Å². The van der Waals surface area contributed by atoms with Crippen LogP contribution in [0.1, 0.15) is 62.5 Å². The highest BCUT2D eigenvalue weighted by Crippen LogP contribution is 2.20. The van der Waals surface area contributed by atoms with Gasteiger partial charge in [-0.2, -0.15) is 0 Å². The second kappa shape index (κ2) is 9.94. The molecule has 0 saturated heterocycles. The summed E-state index contributed by atoms with van der Waals surface area (Å²) in [7, 11) is 0. The fourth-order valence-electron chi connectivity index (χ4n) is 4.03. The monoisotopic (exact) mass is 338 g/mol. The van der Waals surface area contributed by atoms with Gasteiger partial charge in [-0.1, -0.05) is 66.5 Å². The van der Waals surface area contributed by atoms with Crippen LogP contribution in [-0.2, 0) is 6.54 Å². The van der Waals surface area contributed by atoms with E-state index in [2.05, 4.69) is 60.1 Å². The van der Waals surface area contributed by atoms with Crippen LogP contribution in [-0.4, -0.2) is 18.6 Å². The van der Waals surface area contributed by atoms with Crippen LogP contribution in [0.5, 0.6) is 0 Å². The Hall–Kier alpha value is -1.38. The van der Waals surface area contributed by atoms with Crippen LogP contribution in [0, 0.1) is 6.92 Å². The van der Waals surface area contributed by atoms with Crippen LogP contribution in [0.25, 0.3) is 0 Å². The van der Waals surface area contributed by atoms with E-state index in [-0.39, 0.29) is 0 Å². The topological polar surface area (TPSA) is 24.1 Å². The molecule has 2 nitrogen and oxygen atoms in total. The second-order valence-electron chi connectivity index (χ2n) is 7.70. The summed E-state index contributed by atoms with van der Waals surface area (Å²) in [5.74, 6) is 0. The van der Waals surface area contributed by atoms with Crippen molar-refractivity contribution < 1.29 is 0 Å². The van der Waals surface area contributed by atoms with Gasteiger partial charge in [-0.15, -0.1) is 0 Å². The van der Waals surface area contributed by atoms with Gasteiger partial charge in [0, 0.05) is 18.6 Å². The maximum atomic E-state index is 3.85. The number of hydrogen-bond donors (Lipinski definition) is 2. The molecular weight excluding hydrogens is 304 g/mol. The molecule has 2 atom stereocenters.